The van der Waals surface area contributed by atoms with E-state index in [1.165, 1.54) is 0 Å². The van der Waals surface area contributed by atoms with E-state index in [2.05, 4.69) is 4.68 Å². The van der Waals surface area contributed by atoms with Crippen LogP contribution in [0.3, 0.4) is 0 Å². The van der Waals surface area contributed by atoms with Crippen molar-refractivity contribution in [1.29, 1.82) is 0 Å². The summed E-state index contributed by atoms with van der Waals surface area (Å²) in [6.07, 6.45) is 4.05. The van der Waals surface area contributed by atoms with E-state index >= 15 is 0 Å². The Labute approximate surface area is 83.5 Å². The standard InChI is InChI=1S/C11H14N2O/c1-12-7-8-13(12)9-10-14-11-5-3-2-4-6-11/h2-8H,9-10H2,1H3. The van der Waals surface area contributed by atoms with Gasteiger partial charge in [0.15, 0.2) is 0 Å². The lowest BCUT2D eigenvalue weighted by atomic mass is 10.3. The van der Waals surface area contributed by atoms with Gasteiger partial charge in [-0.2, -0.15) is 0 Å². The molecule has 2 rings (SSSR count). The monoisotopic (exact) mass is 190 g/mol. The third-order valence-electron chi connectivity index (χ3n) is 2.19. The van der Waals surface area contributed by atoms with Gasteiger partial charge in [-0.05, 0) is 12.1 Å². The highest BCUT2D eigenvalue weighted by Gasteiger charge is 1.96. The first-order valence-electron chi connectivity index (χ1n) is 4.72. The molecule has 3 nitrogen and oxygen atoms in total. The minimum atomic E-state index is 0.707. The van der Waals surface area contributed by atoms with Crippen molar-refractivity contribution in [3.63, 3.8) is 0 Å². The summed E-state index contributed by atoms with van der Waals surface area (Å²) >= 11 is 0. The summed E-state index contributed by atoms with van der Waals surface area (Å²) in [6, 6.07) is 9.88. The Morgan fingerprint density at radius 1 is 1.14 bits per heavy atom. The van der Waals surface area contributed by atoms with E-state index in [1.54, 1.807) is 0 Å². The molecule has 0 spiro atoms. The van der Waals surface area contributed by atoms with Crippen LogP contribution in [0.15, 0.2) is 42.7 Å². The summed E-state index contributed by atoms with van der Waals surface area (Å²) < 4.78 is 9.69. The Morgan fingerprint density at radius 2 is 1.93 bits per heavy atom. The van der Waals surface area contributed by atoms with Gasteiger partial charge in [0.1, 0.15) is 12.4 Å². The minimum Gasteiger partial charge on any atom is -0.492 e. The van der Waals surface area contributed by atoms with Crippen LogP contribution in [0, 0.1) is 0 Å². The van der Waals surface area contributed by atoms with E-state index in [9.17, 15) is 0 Å². The number of ether oxygens (including phenoxy) is 1. The van der Waals surface area contributed by atoms with Crippen LogP contribution in [-0.2, 0) is 13.6 Å². The third-order valence-corrected chi connectivity index (χ3v) is 2.19. The van der Waals surface area contributed by atoms with E-state index in [-0.39, 0.29) is 0 Å². The summed E-state index contributed by atoms with van der Waals surface area (Å²) in [6.45, 7) is 1.60. The molecule has 0 bridgehead atoms. The molecular formula is C11H14N2O. The number of rotatable bonds is 4. The molecule has 0 fully saturated rings. The van der Waals surface area contributed by atoms with E-state index in [1.807, 2.05) is 54.5 Å². The van der Waals surface area contributed by atoms with Gasteiger partial charge in [-0.3, -0.25) is 9.36 Å². The van der Waals surface area contributed by atoms with Gasteiger partial charge in [0.2, 0.25) is 0 Å². The van der Waals surface area contributed by atoms with Crippen molar-refractivity contribution in [3.05, 3.63) is 42.7 Å². The Morgan fingerprint density at radius 3 is 2.50 bits per heavy atom. The third kappa shape index (κ3) is 1.99. The van der Waals surface area contributed by atoms with Gasteiger partial charge in [0.05, 0.1) is 6.54 Å². The van der Waals surface area contributed by atoms with Gasteiger partial charge >= 0.3 is 0 Å². The molecule has 0 saturated heterocycles. The van der Waals surface area contributed by atoms with Gasteiger partial charge in [-0.15, -0.1) is 0 Å². The van der Waals surface area contributed by atoms with E-state index in [0.717, 1.165) is 12.3 Å². The SMILES string of the molecule is Cn1ccn1CCOc1ccccc1. The highest BCUT2D eigenvalue weighted by Crippen LogP contribution is 2.08. The number of hydrogen-bond acceptors (Lipinski definition) is 1. The van der Waals surface area contributed by atoms with Crippen LogP contribution in [0.5, 0.6) is 5.75 Å². The van der Waals surface area contributed by atoms with Crippen LogP contribution in [0.2, 0.25) is 0 Å². The maximum absolute atomic E-state index is 5.56. The van der Waals surface area contributed by atoms with Crippen LogP contribution < -0.4 is 4.74 Å². The zero-order valence-electron chi connectivity index (χ0n) is 8.26. The first-order valence-corrected chi connectivity index (χ1v) is 4.72. The molecule has 1 aromatic heterocycles. The Kier molecular flexibility index (Phi) is 2.58. The van der Waals surface area contributed by atoms with Crippen molar-refractivity contribution < 1.29 is 4.74 Å². The predicted molar refractivity (Wildman–Crippen MR) is 55.3 cm³/mol. The molecule has 1 heterocycles. The summed E-state index contributed by atoms with van der Waals surface area (Å²) in [5, 5.41) is 0. The molecule has 1 aromatic carbocycles. The van der Waals surface area contributed by atoms with Crippen LogP contribution >= 0.6 is 0 Å². The lowest BCUT2D eigenvalue weighted by molar-refractivity contribution is 0.273. The predicted octanol–water partition coefficient (Wildman–Crippen LogP) is 1.91. The fourth-order valence-electron chi connectivity index (χ4n) is 1.30. The number of para-hydroxylation sites is 1. The van der Waals surface area contributed by atoms with Crippen LogP contribution in [-0.4, -0.2) is 16.0 Å². The molecule has 14 heavy (non-hydrogen) atoms. The topological polar surface area (TPSA) is 19.1 Å². The van der Waals surface area contributed by atoms with Gasteiger partial charge in [-0.25, -0.2) is 0 Å². The van der Waals surface area contributed by atoms with Crippen molar-refractivity contribution in [2.24, 2.45) is 7.05 Å². The molecule has 74 valence electrons. The van der Waals surface area contributed by atoms with Gasteiger partial charge < -0.3 is 4.74 Å². The fourth-order valence-corrected chi connectivity index (χ4v) is 1.30. The summed E-state index contributed by atoms with van der Waals surface area (Å²) in [5.41, 5.74) is 0. The normalized spacial score (nSPS) is 10.4. The Bertz CT molecular complexity index is 375. The van der Waals surface area contributed by atoms with Crippen molar-refractivity contribution in [2.45, 2.75) is 6.54 Å². The van der Waals surface area contributed by atoms with E-state index in [0.29, 0.717) is 6.61 Å². The second-order valence-corrected chi connectivity index (χ2v) is 3.20. The highest BCUT2D eigenvalue weighted by atomic mass is 16.5. The van der Waals surface area contributed by atoms with Gasteiger partial charge in [0.25, 0.3) is 0 Å². The Hall–Kier alpha value is -1.64. The Balaban J connectivity index is 1.78. The first kappa shape index (κ1) is 8.94. The minimum absolute atomic E-state index is 0.707. The maximum Gasteiger partial charge on any atom is 0.119 e. The lowest BCUT2D eigenvalue weighted by Crippen LogP contribution is -2.20. The van der Waals surface area contributed by atoms with E-state index in [4.69, 9.17) is 4.74 Å². The molecule has 0 amide bonds. The molecule has 0 saturated carbocycles. The number of aryl methyl sites for hydroxylation is 1. The summed E-state index contributed by atoms with van der Waals surface area (Å²) in [5.74, 6) is 0.930. The molecule has 0 radical (unpaired) electrons. The van der Waals surface area contributed by atoms with Crippen LogP contribution in [0.25, 0.3) is 0 Å². The largest absolute Gasteiger partial charge is 0.492 e. The van der Waals surface area contributed by atoms with Crippen LogP contribution in [0.4, 0.5) is 0 Å². The first-order chi connectivity index (χ1) is 6.86. The number of aromatic nitrogens is 2. The molecule has 0 aliphatic carbocycles. The number of benzene rings is 1. The average molecular weight is 190 g/mol. The molecule has 0 unspecified atom stereocenters. The number of nitrogens with zero attached hydrogens (tertiary/aromatic N) is 2. The molecule has 3 heteroatoms. The lowest BCUT2D eigenvalue weighted by Gasteiger charge is -2.16. The molecule has 2 aromatic rings. The second-order valence-electron chi connectivity index (χ2n) is 3.20. The van der Waals surface area contributed by atoms with Crippen LogP contribution in [0.1, 0.15) is 0 Å². The quantitative estimate of drug-likeness (QED) is 0.720. The molecule has 0 N–H and O–H groups in total. The van der Waals surface area contributed by atoms with Crippen molar-refractivity contribution in [3.8, 4) is 5.75 Å². The zero-order valence-corrected chi connectivity index (χ0v) is 8.26. The summed E-state index contributed by atoms with van der Waals surface area (Å²) in [4.78, 5) is 0. The maximum atomic E-state index is 5.56. The molecular weight excluding hydrogens is 176 g/mol. The highest BCUT2D eigenvalue weighted by molar-refractivity contribution is 5.20. The molecule has 0 aliphatic heterocycles. The van der Waals surface area contributed by atoms with Crippen molar-refractivity contribution >= 4 is 0 Å². The van der Waals surface area contributed by atoms with E-state index < -0.39 is 0 Å². The smallest absolute Gasteiger partial charge is 0.119 e. The zero-order chi connectivity index (χ0) is 9.80. The summed E-state index contributed by atoms with van der Waals surface area (Å²) in [7, 11) is 2.02. The van der Waals surface area contributed by atoms with Gasteiger partial charge in [-0.1, -0.05) is 18.2 Å². The molecule has 0 aliphatic rings. The van der Waals surface area contributed by atoms with Crippen molar-refractivity contribution in [1.82, 2.24) is 9.36 Å². The van der Waals surface area contributed by atoms with Crippen molar-refractivity contribution in [2.75, 3.05) is 6.61 Å². The fraction of sp³-hybridized carbons (Fsp3) is 0.273. The van der Waals surface area contributed by atoms with Gasteiger partial charge in [0, 0.05) is 19.4 Å². The average Bonchev–Trinajstić information content (AvgIpc) is 2.24. The number of hydrogen-bond donors (Lipinski definition) is 0. The second kappa shape index (κ2) is 4.05. The molecule has 0 atom stereocenters.